The summed E-state index contributed by atoms with van der Waals surface area (Å²) >= 11 is 0. The lowest BCUT2D eigenvalue weighted by Crippen LogP contribution is -2.46. The Morgan fingerprint density at radius 3 is 2.66 bits per heavy atom. The van der Waals surface area contributed by atoms with Crippen LogP contribution in [0.5, 0.6) is 5.75 Å². The Kier molecular flexibility index (Phi) is 4.49. The molecular weight excluding hydrogens is 366 g/mol. The Hall–Kier alpha value is -2.90. The maximum Gasteiger partial charge on any atom is 0.135 e. The fraction of sp³-hybridized carbons (Fsp3) is 0.364. The molecule has 2 aromatic carbocycles. The molecule has 0 spiro atoms. The third-order valence-corrected chi connectivity index (χ3v) is 6.05. The van der Waals surface area contributed by atoms with Crippen molar-refractivity contribution in [2.45, 2.75) is 25.9 Å². The molecule has 7 heteroatoms. The van der Waals surface area contributed by atoms with Gasteiger partial charge in [-0.1, -0.05) is 24.3 Å². The van der Waals surface area contributed by atoms with Crippen LogP contribution in [0, 0.1) is 0 Å². The quantitative estimate of drug-likeness (QED) is 0.696. The van der Waals surface area contributed by atoms with Gasteiger partial charge in [-0.3, -0.25) is 0 Å². The van der Waals surface area contributed by atoms with E-state index in [-0.39, 0.29) is 11.8 Å². The Morgan fingerprint density at radius 1 is 1.03 bits per heavy atom. The van der Waals surface area contributed by atoms with Crippen LogP contribution in [0.3, 0.4) is 0 Å². The summed E-state index contributed by atoms with van der Waals surface area (Å²) in [7, 11) is 0. The second kappa shape index (κ2) is 7.17. The standard InChI is InChI=1S/C22H25N5O2/c1-15-10-19-20(23-14-24-22(19)25-6-8-26(29)9-7-25)13-27(15)21-12-17(28)11-16-4-2-3-5-18(16)21/h2-5,11-12,14-15,28-29H,6-10,13H2,1H3/t15-/m0/s1. The Morgan fingerprint density at radius 2 is 1.83 bits per heavy atom. The Bertz CT molecular complexity index is 1050. The van der Waals surface area contributed by atoms with E-state index >= 15 is 0 Å². The lowest BCUT2D eigenvalue weighted by Gasteiger charge is -2.39. The van der Waals surface area contributed by atoms with Gasteiger partial charge in [0.15, 0.2) is 0 Å². The lowest BCUT2D eigenvalue weighted by atomic mass is 9.96. The zero-order chi connectivity index (χ0) is 20.0. The molecule has 0 unspecified atom stereocenters. The zero-order valence-corrected chi connectivity index (χ0v) is 16.5. The first-order chi connectivity index (χ1) is 14.1. The van der Waals surface area contributed by atoms with Crippen LogP contribution in [0.25, 0.3) is 10.8 Å². The number of phenols is 1. The van der Waals surface area contributed by atoms with E-state index in [1.807, 2.05) is 30.3 Å². The van der Waals surface area contributed by atoms with Crippen LogP contribution in [0.15, 0.2) is 42.7 Å². The van der Waals surface area contributed by atoms with Crippen molar-refractivity contribution in [1.29, 1.82) is 0 Å². The maximum atomic E-state index is 10.3. The van der Waals surface area contributed by atoms with E-state index in [1.165, 1.54) is 10.6 Å². The van der Waals surface area contributed by atoms with Crippen LogP contribution >= 0.6 is 0 Å². The summed E-state index contributed by atoms with van der Waals surface area (Å²) in [5.74, 6) is 1.28. The van der Waals surface area contributed by atoms with Gasteiger partial charge in [-0.15, -0.1) is 0 Å². The molecule has 29 heavy (non-hydrogen) atoms. The number of hydrogen-bond donors (Lipinski definition) is 2. The first-order valence-corrected chi connectivity index (χ1v) is 10.1. The monoisotopic (exact) mass is 391 g/mol. The second-order valence-electron chi connectivity index (χ2n) is 7.93. The minimum Gasteiger partial charge on any atom is -0.508 e. The molecule has 3 heterocycles. The van der Waals surface area contributed by atoms with Gasteiger partial charge in [0.05, 0.1) is 12.2 Å². The molecule has 2 aliphatic heterocycles. The number of aromatic hydroxyl groups is 1. The van der Waals surface area contributed by atoms with Gasteiger partial charge in [0.25, 0.3) is 0 Å². The van der Waals surface area contributed by atoms with Crippen LogP contribution in [-0.4, -0.2) is 57.6 Å². The number of nitrogens with zero attached hydrogens (tertiary/aromatic N) is 5. The Balaban J connectivity index is 1.52. The van der Waals surface area contributed by atoms with Crippen LogP contribution < -0.4 is 9.80 Å². The number of anilines is 2. The predicted molar refractivity (Wildman–Crippen MR) is 113 cm³/mol. The first kappa shape index (κ1) is 18.1. The van der Waals surface area contributed by atoms with Crippen molar-refractivity contribution in [3.63, 3.8) is 0 Å². The van der Waals surface area contributed by atoms with Crippen molar-refractivity contribution in [1.82, 2.24) is 15.0 Å². The number of phenolic OH excluding ortho intramolecular Hbond substituents is 1. The van der Waals surface area contributed by atoms with Gasteiger partial charge in [0.1, 0.15) is 17.9 Å². The van der Waals surface area contributed by atoms with Crippen molar-refractivity contribution < 1.29 is 10.3 Å². The van der Waals surface area contributed by atoms with Gasteiger partial charge in [0.2, 0.25) is 0 Å². The minimum absolute atomic E-state index is 0.247. The van der Waals surface area contributed by atoms with Gasteiger partial charge in [0, 0.05) is 54.9 Å². The third kappa shape index (κ3) is 3.26. The molecule has 1 aromatic heterocycles. The van der Waals surface area contributed by atoms with Crippen LogP contribution in [0.1, 0.15) is 18.2 Å². The molecule has 3 aromatic rings. The maximum absolute atomic E-state index is 10.3. The Labute approximate surface area is 169 Å². The van der Waals surface area contributed by atoms with Gasteiger partial charge in [-0.2, -0.15) is 5.06 Å². The van der Waals surface area contributed by atoms with E-state index in [0.717, 1.165) is 47.5 Å². The van der Waals surface area contributed by atoms with E-state index in [1.54, 1.807) is 6.33 Å². The largest absolute Gasteiger partial charge is 0.508 e. The number of piperazine rings is 1. The van der Waals surface area contributed by atoms with Crippen LogP contribution in [-0.2, 0) is 13.0 Å². The van der Waals surface area contributed by atoms with E-state index in [0.29, 0.717) is 19.6 Å². The smallest absolute Gasteiger partial charge is 0.135 e. The molecule has 5 rings (SSSR count). The molecule has 0 bridgehead atoms. The molecule has 2 N–H and O–H groups in total. The predicted octanol–water partition coefficient (Wildman–Crippen LogP) is 2.80. The van der Waals surface area contributed by atoms with Gasteiger partial charge >= 0.3 is 0 Å². The van der Waals surface area contributed by atoms with Crippen LogP contribution in [0.4, 0.5) is 11.5 Å². The normalized spacial score (nSPS) is 20.1. The fourth-order valence-corrected chi connectivity index (χ4v) is 4.52. The highest BCUT2D eigenvalue weighted by Crippen LogP contribution is 2.37. The second-order valence-corrected chi connectivity index (χ2v) is 7.93. The van der Waals surface area contributed by atoms with Crippen molar-refractivity contribution in [3.05, 3.63) is 54.0 Å². The molecule has 2 aliphatic rings. The lowest BCUT2D eigenvalue weighted by molar-refractivity contribution is -0.0936. The summed E-state index contributed by atoms with van der Waals surface area (Å²) in [6, 6.07) is 12.1. The highest BCUT2D eigenvalue weighted by Gasteiger charge is 2.30. The summed E-state index contributed by atoms with van der Waals surface area (Å²) in [6.45, 7) is 5.65. The third-order valence-electron chi connectivity index (χ3n) is 6.05. The number of hydrogen-bond acceptors (Lipinski definition) is 7. The molecular formula is C22H25N5O2. The van der Waals surface area contributed by atoms with E-state index < -0.39 is 0 Å². The number of aromatic nitrogens is 2. The first-order valence-electron chi connectivity index (χ1n) is 10.1. The summed E-state index contributed by atoms with van der Waals surface area (Å²) in [5.41, 5.74) is 3.27. The summed E-state index contributed by atoms with van der Waals surface area (Å²) in [6.07, 6.45) is 2.49. The van der Waals surface area contributed by atoms with Crippen molar-refractivity contribution >= 4 is 22.3 Å². The average Bonchev–Trinajstić information content (AvgIpc) is 2.73. The molecule has 0 amide bonds. The highest BCUT2D eigenvalue weighted by molar-refractivity contribution is 5.95. The van der Waals surface area contributed by atoms with E-state index in [4.69, 9.17) is 0 Å². The number of benzene rings is 2. The summed E-state index contributed by atoms with van der Waals surface area (Å²) in [4.78, 5) is 13.8. The van der Waals surface area contributed by atoms with Crippen molar-refractivity contribution in [2.24, 2.45) is 0 Å². The molecule has 0 radical (unpaired) electrons. The molecule has 7 nitrogen and oxygen atoms in total. The fourth-order valence-electron chi connectivity index (χ4n) is 4.52. The molecule has 0 saturated carbocycles. The molecule has 1 fully saturated rings. The van der Waals surface area contributed by atoms with Gasteiger partial charge < -0.3 is 20.1 Å². The van der Waals surface area contributed by atoms with Crippen molar-refractivity contribution in [3.8, 4) is 5.75 Å². The number of hydroxylamine groups is 2. The minimum atomic E-state index is 0.247. The number of fused-ring (bicyclic) bond motifs is 2. The topological polar surface area (TPSA) is 76.0 Å². The highest BCUT2D eigenvalue weighted by atomic mass is 16.5. The van der Waals surface area contributed by atoms with Gasteiger partial charge in [-0.05, 0) is 24.8 Å². The van der Waals surface area contributed by atoms with Crippen LogP contribution in [0.2, 0.25) is 0 Å². The molecule has 150 valence electrons. The SMILES string of the molecule is C[C@H]1Cc2c(ncnc2N2CCN(O)CC2)CN1c1cc(O)cc2ccccc12. The van der Waals surface area contributed by atoms with Crippen molar-refractivity contribution in [2.75, 3.05) is 36.0 Å². The van der Waals surface area contributed by atoms with E-state index in [9.17, 15) is 10.3 Å². The number of rotatable bonds is 2. The summed E-state index contributed by atoms with van der Waals surface area (Å²) in [5, 5.41) is 23.5. The van der Waals surface area contributed by atoms with E-state index in [2.05, 4.69) is 32.8 Å². The molecule has 1 atom stereocenters. The summed E-state index contributed by atoms with van der Waals surface area (Å²) < 4.78 is 0. The average molecular weight is 391 g/mol. The molecule has 1 saturated heterocycles. The zero-order valence-electron chi connectivity index (χ0n) is 16.5. The molecule has 0 aliphatic carbocycles. The van der Waals surface area contributed by atoms with Gasteiger partial charge in [-0.25, -0.2) is 9.97 Å².